The van der Waals surface area contributed by atoms with Gasteiger partial charge in [-0.3, -0.25) is 0 Å². The maximum Gasteiger partial charge on any atom is 0.159 e. The molecular formula is C9H20N2OS. The van der Waals surface area contributed by atoms with E-state index in [-0.39, 0.29) is 0 Å². The molecule has 0 rings (SSSR count). The van der Waals surface area contributed by atoms with Gasteiger partial charge in [-0.25, -0.2) is 0 Å². The van der Waals surface area contributed by atoms with Crippen LogP contribution in [0, 0.1) is 0 Å². The van der Waals surface area contributed by atoms with Crippen LogP contribution in [0.1, 0.15) is 19.3 Å². The van der Waals surface area contributed by atoms with Crippen molar-refractivity contribution in [3.05, 3.63) is 0 Å². The van der Waals surface area contributed by atoms with Gasteiger partial charge in [0, 0.05) is 6.42 Å². The van der Waals surface area contributed by atoms with Gasteiger partial charge in [-0.2, -0.15) is 0 Å². The first-order chi connectivity index (χ1) is 6.16. The van der Waals surface area contributed by atoms with Gasteiger partial charge in [0.25, 0.3) is 0 Å². The number of nitrogens with zero attached hydrogens (tertiary/aromatic N) is 1. The SMILES string of the molecule is CN(C)CCCC(=S)OCCCN. The quantitative estimate of drug-likeness (QED) is 0.496. The molecule has 13 heavy (non-hydrogen) atoms. The van der Waals surface area contributed by atoms with Crippen LogP contribution in [0.3, 0.4) is 0 Å². The zero-order valence-corrected chi connectivity index (χ0v) is 9.40. The molecular weight excluding hydrogens is 184 g/mol. The van der Waals surface area contributed by atoms with E-state index in [4.69, 9.17) is 22.7 Å². The second kappa shape index (κ2) is 8.41. The van der Waals surface area contributed by atoms with Gasteiger partial charge in [0.1, 0.15) is 0 Å². The predicted octanol–water partition coefficient (Wildman–Crippen LogP) is 1.02. The molecule has 0 aromatic rings. The van der Waals surface area contributed by atoms with Crippen molar-refractivity contribution in [2.24, 2.45) is 5.73 Å². The smallest absolute Gasteiger partial charge is 0.159 e. The van der Waals surface area contributed by atoms with Gasteiger partial charge in [-0.15, -0.1) is 0 Å². The number of thiocarbonyl (C=S) groups is 1. The van der Waals surface area contributed by atoms with Crippen LogP contribution in [-0.4, -0.2) is 43.7 Å². The minimum Gasteiger partial charge on any atom is -0.487 e. The molecule has 0 aromatic carbocycles. The summed E-state index contributed by atoms with van der Waals surface area (Å²) in [5.74, 6) is 0. The Hall–Kier alpha value is -0.190. The minimum atomic E-state index is 0.664. The molecule has 0 radical (unpaired) electrons. The molecule has 0 saturated heterocycles. The number of ether oxygens (including phenoxy) is 1. The maximum atomic E-state index is 5.32. The molecule has 0 atom stereocenters. The summed E-state index contributed by atoms with van der Waals surface area (Å²) in [4.78, 5) is 2.14. The number of hydrogen-bond acceptors (Lipinski definition) is 4. The summed E-state index contributed by atoms with van der Waals surface area (Å²) in [6.45, 7) is 2.39. The number of nitrogens with two attached hydrogens (primary N) is 1. The van der Waals surface area contributed by atoms with Crippen molar-refractivity contribution in [3.63, 3.8) is 0 Å². The lowest BCUT2D eigenvalue weighted by Gasteiger charge is -2.10. The van der Waals surface area contributed by atoms with Gasteiger partial charge in [0.15, 0.2) is 5.05 Å². The van der Waals surface area contributed by atoms with Crippen molar-refractivity contribution < 1.29 is 4.74 Å². The van der Waals surface area contributed by atoms with Gasteiger partial charge in [-0.1, -0.05) is 0 Å². The van der Waals surface area contributed by atoms with Crippen LogP contribution in [0.25, 0.3) is 0 Å². The number of rotatable bonds is 7. The molecule has 0 heterocycles. The summed E-state index contributed by atoms with van der Waals surface area (Å²) in [5, 5.41) is 0.718. The molecule has 0 aliphatic heterocycles. The van der Waals surface area contributed by atoms with Crippen molar-refractivity contribution in [2.75, 3.05) is 33.8 Å². The normalized spacial score (nSPS) is 10.5. The van der Waals surface area contributed by atoms with Crippen LogP contribution in [0.15, 0.2) is 0 Å². The fraction of sp³-hybridized carbons (Fsp3) is 0.889. The Morgan fingerprint density at radius 1 is 1.38 bits per heavy atom. The molecule has 0 fully saturated rings. The molecule has 0 bridgehead atoms. The minimum absolute atomic E-state index is 0.664. The maximum absolute atomic E-state index is 5.32. The summed E-state index contributed by atoms with van der Waals surface area (Å²) in [7, 11) is 4.11. The molecule has 0 aromatic heterocycles. The predicted molar refractivity (Wildman–Crippen MR) is 60.0 cm³/mol. The number of hydrogen-bond donors (Lipinski definition) is 1. The van der Waals surface area contributed by atoms with E-state index in [1.807, 2.05) is 0 Å². The van der Waals surface area contributed by atoms with Crippen molar-refractivity contribution in [1.29, 1.82) is 0 Å². The van der Waals surface area contributed by atoms with Crippen molar-refractivity contribution in [1.82, 2.24) is 4.90 Å². The Bertz CT molecular complexity index is 140. The van der Waals surface area contributed by atoms with Crippen molar-refractivity contribution in [3.8, 4) is 0 Å². The molecule has 0 aliphatic carbocycles. The first-order valence-electron chi connectivity index (χ1n) is 4.67. The van der Waals surface area contributed by atoms with Crippen LogP contribution in [0.2, 0.25) is 0 Å². The van der Waals surface area contributed by atoms with Crippen LogP contribution >= 0.6 is 12.2 Å². The first-order valence-corrected chi connectivity index (χ1v) is 5.08. The van der Waals surface area contributed by atoms with Gasteiger partial charge in [0.05, 0.1) is 6.61 Å². The molecule has 0 unspecified atom stereocenters. The third-order valence-electron chi connectivity index (χ3n) is 1.60. The van der Waals surface area contributed by atoms with E-state index in [2.05, 4.69) is 19.0 Å². The van der Waals surface area contributed by atoms with Crippen LogP contribution < -0.4 is 5.73 Å². The highest BCUT2D eigenvalue weighted by Crippen LogP contribution is 1.97. The second-order valence-corrected chi connectivity index (χ2v) is 3.72. The lowest BCUT2D eigenvalue weighted by atomic mass is 10.3. The molecule has 0 amide bonds. The zero-order chi connectivity index (χ0) is 10.1. The second-order valence-electron chi connectivity index (χ2n) is 3.27. The third-order valence-corrected chi connectivity index (χ3v) is 1.92. The highest BCUT2D eigenvalue weighted by Gasteiger charge is 1.98. The van der Waals surface area contributed by atoms with Gasteiger partial charge >= 0.3 is 0 Å². The molecule has 0 spiro atoms. The third kappa shape index (κ3) is 9.73. The summed E-state index contributed by atoms with van der Waals surface area (Å²) in [5.41, 5.74) is 5.32. The monoisotopic (exact) mass is 204 g/mol. The molecule has 3 nitrogen and oxygen atoms in total. The standard InChI is InChI=1S/C9H20N2OS/c1-11(2)7-3-5-9(13)12-8-4-6-10/h3-8,10H2,1-2H3. The average Bonchev–Trinajstić information content (AvgIpc) is 2.04. The molecule has 0 saturated carbocycles. The Morgan fingerprint density at radius 2 is 2.08 bits per heavy atom. The molecule has 0 aliphatic rings. The Kier molecular flexibility index (Phi) is 8.29. The molecule has 4 heteroatoms. The molecule has 78 valence electrons. The fourth-order valence-corrected chi connectivity index (χ4v) is 1.11. The van der Waals surface area contributed by atoms with E-state index in [1.54, 1.807) is 0 Å². The van der Waals surface area contributed by atoms with Crippen LogP contribution in [0.4, 0.5) is 0 Å². The topological polar surface area (TPSA) is 38.5 Å². The highest BCUT2D eigenvalue weighted by molar-refractivity contribution is 7.80. The van der Waals surface area contributed by atoms with Crippen molar-refractivity contribution >= 4 is 17.3 Å². The lowest BCUT2D eigenvalue weighted by molar-refractivity contribution is 0.296. The summed E-state index contributed by atoms with van der Waals surface area (Å²) in [6.07, 6.45) is 2.82. The first kappa shape index (κ1) is 12.8. The van der Waals surface area contributed by atoms with E-state index in [0.717, 1.165) is 30.9 Å². The van der Waals surface area contributed by atoms with E-state index in [9.17, 15) is 0 Å². The summed E-state index contributed by atoms with van der Waals surface area (Å²) >= 11 is 5.04. The van der Waals surface area contributed by atoms with Crippen molar-refractivity contribution in [2.45, 2.75) is 19.3 Å². The van der Waals surface area contributed by atoms with E-state index < -0.39 is 0 Å². The average molecular weight is 204 g/mol. The summed E-state index contributed by atoms with van der Waals surface area (Å²) in [6, 6.07) is 0. The van der Waals surface area contributed by atoms with E-state index >= 15 is 0 Å². The highest BCUT2D eigenvalue weighted by atomic mass is 32.1. The van der Waals surface area contributed by atoms with Crippen LogP contribution in [-0.2, 0) is 4.74 Å². The largest absolute Gasteiger partial charge is 0.487 e. The lowest BCUT2D eigenvalue weighted by Crippen LogP contribution is -2.15. The van der Waals surface area contributed by atoms with E-state index in [1.165, 1.54) is 0 Å². The Morgan fingerprint density at radius 3 is 2.62 bits per heavy atom. The molecule has 2 N–H and O–H groups in total. The zero-order valence-electron chi connectivity index (χ0n) is 8.58. The fourth-order valence-electron chi connectivity index (χ4n) is 0.881. The Balaban J connectivity index is 3.20. The van der Waals surface area contributed by atoms with Crippen LogP contribution in [0.5, 0.6) is 0 Å². The Labute approximate surface area is 86.2 Å². The van der Waals surface area contributed by atoms with Gasteiger partial charge in [0.2, 0.25) is 0 Å². The van der Waals surface area contributed by atoms with E-state index in [0.29, 0.717) is 13.2 Å². The van der Waals surface area contributed by atoms with Gasteiger partial charge < -0.3 is 15.4 Å². The summed E-state index contributed by atoms with van der Waals surface area (Å²) < 4.78 is 5.30. The van der Waals surface area contributed by atoms with Gasteiger partial charge in [-0.05, 0) is 52.2 Å².